The predicted octanol–water partition coefficient (Wildman–Crippen LogP) is 3.12. The van der Waals surface area contributed by atoms with Crippen LogP contribution in [0.25, 0.3) is 0 Å². The molecular weight excluding hydrogens is 312 g/mol. The predicted molar refractivity (Wildman–Crippen MR) is 98.2 cm³/mol. The van der Waals surface area contributed by atoms with Gasteiger partial charge in [-0.2, -0.15) is 0 Å². The summed E-state index contributed by atoms with van der Waals surface area (Å²) < 4.78 is 5.69. The fourth-order valence-electron chi connectivity index (χ4n) is 3.62. The van der Waals surface area contributed by atoms with Crippen LogP contribution in [0.3, 0.4) is 0 Å². The number of hydrogen-bond donors (Lipinski definition) is 0. The number of carbonyl (C=O) groups excluding carboxylic acids is 1. The first-order valence-corrected chi connectivity index (χ1v) is 8.99. The molecule has 1 saturated heterocycles. The highest BCUT2D eigenvalue weighted by molar-refractivity contribution is 5.76. The van der Waals surface area contributed by atoms with E-state index in [-0.39, 0.29) is 12.0 Å². The Balaban J connectivity index is 1.58. The van der Waals surface area contributed by atoms with Crippen molar-refractivity contribution in [1.82, 2.24) is 9.88 Å². The Morgan fingerprint density at radius 2 is 2.00 bits per heavy atom. The van der Waals surface area contributed by atoms with Gasteiger partial charge in [-0.15, -0.1) is 0 Å². The van der Waals surface area contributed by atoms with E-state index in [0.29, 0.717) is 12.3 Å². The third-order valence-corrected chi connectivity index (χ3v) is 5.01. The lowest BCUT2D eigenvalue weighted by Crippen LogP contribution is -2.47. The lowest BCUT2D eigenvalue weighted by Gasteiger charge is -2.38. The average Bonchev–Trinajstić information content (AvgIpc) is 2.67. The van der Waals surface area contributed by atoms with Crippen molar-refractivity contribution in [3.8, 4) is 0 Å². The standard InChI is InChI=1S/C21H26N2O2/c1-25-20-11-13-23(16-19(20)14-17-6-3-2-4-7-17)21(24)10-9-18-8-5-12-22-15-18/h2-8,12,15,19-20H,9-11,13-14,16H2,1H3/t19-,20+/m1/s1. The number of amides is 1. The molecule has 0 saturated carbocycles. The molecular formula is C21H26N2O2. The normalized spacial score (nSPS) is 20.4. The van der Waals surface area contributed by atoms with Crippen molar-refractivity contribution in [3.63, 3.8) is 0 Å². The summed E-state index contributed by atoms with van der Waals surface area (Å²) in [6, 6.07) is 14.4. The van der Waals surface area contributed by atoms with Gasteiger partial charge in [0.1, 0.15) is 0 Å². The molecule has 25 heavy (non-hydrogen) atoms. The zero-order chi connectivity index (χ0) is 17.5. The summed E-state index contributed by atoms with van der Waals surface area (Å²) in [7, 11) is 1.78. The monoisotopic (exact) mass is 338 g/mol. The van der Waals surface area contributed by atoms with E-state index in [1.54, 1.807) is 13.3 Å². The summed E-state index contributed by atoms with van der Waals surface area (Å²) in [5, 5.41) is 0. The number of ether oxygens (including phenoxy) is 1. The van der Waals surface area contributed by atoms with E-state index in [1.807, 2.05) is 29.3 Å². The molecule has 1 aromatic carbocycles. The smallest absolute Gasteiger partial charge is 0.222 e. The minimum absolute atomic E-state index is 0.225. The summed E-state index contributed by atoms with van der Waals surface area (Å²) in [6.07, 6.45) is 6.97. The molecule has 1 aliphatic heterocycles. The lowest BCUT2D eigenvalue weighted by atomic mass is 9.88. The number of rotatable bonds is 6. The third-order valence-electron chi connectivity index (χ3n) is 5.01. The van der Waals surface area contributed by atoms with Crippen LogP contribution in [0, 0.1) is 5.92 Å². The Hall–Kier alpha value is -2.20. The van der Waals surface area contributed by atoms with Crippen molar-refractivity contribution in [3.05, 3.63) is 66.0 Å². The van der Waals surface area contributed by atoms with Crippen LogP contribution in [0.5, 0.6) is 0 Å². The first-order chi connectivity index (χ1) is 12.3. The number of hydrogen-bond acceptors (Lipinski definition) is 3. The molecule has 1 aromatic heterocycles. The lowest BCUT2D eigenvalue weighted by molar-refractivity contribution is -0.135. The maximum absolute atomic E-state index is 12.6. The number of carbonyl (C=O) groups is 1. The number of nitrogens with zero attached hydrogens (tertiary/aromatic N) is 2. The number of piperidine rings is 1. The number of likely N-dealkylation sites (tertiary alicyclic amines) is 1. The van der Waals surface area contributed by atoms with Gasteiger partial charge in [0.05, 0.1) is 6.10 Å². The van der Waals surface area contributed by atoms with Crippen LogP contribution in [0.15, 0.2) is 54.9 Å². The van der Waals surface area contributed by atoms with Crippen LogP contribution in [-0.2, 0) is 22.4 Å². The highest BCUT2D eigenvalue weighted by Crippen LogP contribution is 2.24. The molecule has 2 heterocycles. The first-order valence-electron chi connectivity index (χ1n) is 8.99. The van der Waals surface area contributed by atoms with Gasteiger partial charge < -0.3 is 9.64 Å². The summed E-state index contributed by atoms with van der Waals surface area (Å²) >= 11 is 0. The van der Waals surface area contributed by atoms with E-state index in [9.17, 15) is 4.79 Å². The van der Waals surface area contributed by atoms with Gasteiger partial charge in [-0.1, -0.05) is 36.4 Å². The molecule has 132 valence electrons. The number of aromatic nitrogens is 1. The Morgan fingerprint density at radius 1 is 1.20 bits per heavy atom. The summed E-state index contributed by atoms with van der Waals surface area (Å²) in [5.41, 5.74) is 2.42. The van der Waals surface area contributed by atoms with Gasteiger partial charge in [0.2, 0.25) is 5.91 Å². The minimum Gasteiger partial charge on any atom is -0.381 e. The minimum atomic E-state index is 0.225. The molecule has 0 bridgehead atoms. The van der Waals surface area contributed by atoms with E-state index >= 15 is 0 Å². The Labute approximate surface area is 149 Å². The molecule has 0 unspecified atom stereocenters. The van der Waals surface area contributed by atoms with Crippen molar-refractivity contribution >= 4 is 5.91 Å². The molecule has 4 heteroatoms. The highest BCUT2D eigenvalue weighted by Gasteiger charge is 2.31. The van der Waals surface area contributed by atoms with Crippen LogP contribution < -0.4 is 0 Å². The molecule has 0 N–H and O–H groups in total. The van der Waals surface area contributed by atoms with Crippen molar-refractivity contribution in [2.45, 2.75) is 31.8 Å². The van der Waals surface area contributed by atoms with Crippen molar-refractivity contribution in [1.29, 1.82) is 0 Å². The van der Waals surface area contributed by atoms with E-state index in [4.69, 9.17) is 4.74 Å². The largest absolute Gasteiger partial charge is 0.381 e. The zero-order valence-electron chi connectivity index (χ0n) is 14.8. The SMILES string of the molecule is CO[C@H]1CCN(C(=O)CCc2cccnc2)C[C@H]1Cc1ccccc1. The average molecular weight is 338 g/mol. The van der Waals surface area contributed by atoms with Crippen LogP contribution >= 0.6 is 0 Å². The molecule has 0 radical (unpaired) electrons. The molecule has 0 spiro atoms. The Bertz CT molecular complexity index is 660. The second kappa shape index (κ2) is 8.77. The number of benzene rings is 1. The van der Waals surface area contributed by atoms with Gasteiger partial charge in [-0.05, 0) is 36.5 Å². The molecule has 0 aliphatic carbocycles. The van der Waals surface area contributed by atoms with Gasteiger partial charge in [0.25, 0.3) is 0 Å². The number of aryl methyl sites for hydroxylation is 1. The van der Waals surface area contributed by atoms with Crippen molar-refractivity contribution in [2.24, 2.45) is 5.92 Å². The van der Waals surface area contributed by atoms with Crippen molar-refractivity contribution < 1.29 is 9.53 Å². The summed E-state index contributed by atoms with van der Waals surface area (Å²) in [5.74, 6) is 0.583. The highest BCUT2D eigenvalue weighted by atomic mass is 16.5. The van der Waals surface area contributed by atoms with E-state index in [0.717, 1.165) is 37.9 Å². The molecule has 2 atom stereocenters. The fourth-order valence-corrected chi connectivity index (χ4v) is 3.62. The van der Waals surface area contributed by atoms with Crippen LogP contribution in [0.1, 0.15) is 24.0 Å². The van der Waals surface area contributed by atoms with Crippen LogP contribution in [-0.4, -0.2) is 42.1 Å². The van der Waals surface area contributed by atoms with Gasteiger partial charge >= 0.3 is 0 Å². The quantitative estimate of drug-likeness (QED) is 0.813. The Kier molecular flexibility index (Phi) is 6.18. The number of methoxy groups -OCH3 is 1. The van der Waals surface area contributed by atoms with Gasteiger partial charge in [0.15, 0.2) is 0 Å². The molecule has 3 rings (SSSR count). The fraction of sp³-hybridized carbons (Fsp3) is 0.429. The molecule has 4 nitrogen and oxygen atoms in total. The summed E-state index contributed by atoms with van der Waals surface area (Å²) in [6.45, 7) is 1.56. The molecule has 2 aromatic rings. The summed E-state index contributed by atoms with van der Waals surface area (Å²) in [4.78, 5) is 18.8. The van der Waals surface area contributed by atoms with Crippen LogP contribution in [0.2, 0.25) is 0 Å². The maximum Gasteiger partial charge on any atom is 0.222 e. The zero-order valence-corrected chi connectivity index (χ0v) is 14.8. The second-order valence-corrected chi connectivity index (χ2v) is 6.71. The topological polar surface area (TPSA) is 42.4 Å². The second-order valence-electron chi connectivity index (χ2n) is 6.71. The molecule has 1 amide bonds. The van der Waals surface area contributed by atoms with E-state index < -0.39 is 0 Å². The van der Waals surface area contributed by atoms with Crippen molar-refractivity contribution in [2.75, 3.05) is 20.2 Å². The van der Waals surface area contributed by atoms with Gasteiger partial charge in [0, 0.05) is 44.9 Å². The molecule has 1 aliphatic rings. The van der Waals surface area contributed by atoms with Crippen LogP contribution in [0.4, 0.5) is 0 Å². The van der Waals surface area contributed by atoms with E-state index in [1.165, 1.54) is 5.56 Å². The van der Waals surface area contributed by atoms with Gasteiger partial charge in [-0.25, -0.2) is 0 Å². The third kappa shape index (κ3) is 4.89. The first kappa shape index (κ1) is 17.6. The Morgan fingerprint density at radius 3 is 2.72 bits per heavy atom. The number of pyridine rings is 1. The molecule has 1 fully saturated rings. The van der Waals surface area contributed by atoms with E-state index in [2.05, 4.69) is 29.2 Å². The van der Waals surface area contributed by atoms with Gasteiger partial charge in [-0.3, -0.25) is 9.78 Å². The maximum atomic E-state index is 12.6.